The number of carbonyl (C=O) groups excluding carboxylic acids is 1. The summed E-state index contributed by atoms with van der Waals surface area (Å²) in [5.74, 6) is 0.562. The minimum Gasteiger partial charge on any atom is -0.342 e. The highest BCUT2D eigenvalue weighted by Gasteiger charge is 2.17. The van der Waals surface area contributed by atoms with E-state index in [2.05, 4.69) is 15.5 Å². The van der Waals surface area contributed by atoms with Gasteiger partial charge in [-0.3, -0.25) is 4.79 Å². The molecule has 0 spiro atoms. The molecule has 2 rings (SSSR count). The molecule has 1 aromatic heterocycles. The predicted molar refractivity (Wildman–Crippen MR) is 68.0 cm³/mol. The summed E-state index contributed by atoms with van der Waals surface area (Å²) in [5, 5.41) is 12.0. The van der Waals surface area contributed by atoms with Crippen LogP contribution in [0.25, 0.3) is 0 Å². The maximum atomic E-state index is 12.0. The molecule has 1 amide bonds. The summed E-state index contributed by atoms with van der Waals surface area (Å²) in [7, 11) is 0. The lowest BCUT2D eigenvalue weighted by atomic mass is 10.1. The lowest BCUT2D eigenvalue weighted by Crippen LogP contribution is -2.36. The molecule has 0 radical (unpaired) electrons. The standard InChI is InChI=1S/C10H18N6OS/c11-4-7-16-10(12-13-14-16)18-8-9(17)15-5-2-1-3-6-15/h1-8,11H2. The van der Waals surface area contributed by atoms with E-state index in [4.69, 9.17) is 5.73 Å². The van der Waals surface area contributed by atoms with E-state index in [1.165, 1.54) is 18.2 Å². The van der Waals surface area contributed by atoms with E-state index in [1.54, 1.807) is 4.68 Å². The molecule has 0 bridgehead atoms. The molecule has 1 saturated heterocycles. The lowest BCUT2D eigenvalue weighted by Gasteiger charge is -2.26. The van der Waals surface area contributed by atoms with Crippen LogP contribution in [0.4, 0.5) is 0 Å². The molecule has 1 fully saturated rings. The van der Waals surface area contributed by atoms with E-state index in [0.717, 1.165) is 25.9 Å². The number of nitrogens with two attached hydrogens (primary N) is 1. The molecule has 2 N–H and O–H groups in total. The van der Waals surface area contributed by atoms with Gasteiger partial charge in [-0.1, -0.05) is 11.8 Å². The summed E-state index contributed by atoms with van der Waals surface area (Å²) >= 11 is 1.38. The van der Waals surface area contributed by atoms with Gasteiger partial charge in [-0.15, -0.1) is 5.10 Å². The van der Waals surface area contributed by atoms with Gasteiger partial charge in [0.1, 0.15) is 0 Å². The third-order valence-corrected chi connectivity index (χ3v) is 3.82. The quantitative estimate of drug-likeness (QED) is 0.741. The van der Waals surface area contributed by atoms with E-state index in [1.807, 2.05) is 4.90 Å². The van der Waals surface area contributed by atoms with E-state index in [9.17, 15) is 4.79 Å². The Morgan fingerprint density at radius 2 is 2.11 bits per heavy atom. The molecule has 18 heavy (non-hydrogen) atoms. The van der Waals surface area contributed by atoms with Crippen molar-refractivity contribution >= 4 is 17.7 Å². The fourth-order valence-corrected chi connectivity index (χ4v) is 2.73. The number of tetrazole rings is 1. The molecule has 2 heterocycles. The topological polar surface area (TPSA) is 89.9 Å². The number of carbonyl (C=O) groups is 1. The van der Waals surface area contributed by atoms with Gasteiger partial charge in [-0.05, 0) is 29.7 Å². The average Bonchev–Trinajstić information content (AvgIpc) is 2.85. The molecule has 1 aliphatic rings. The summed E-state index contributed by atoms with van der Waals surface area (Å²) in [6, 6.07) is 0. The highest BCUT2D eigenvalue weighted by molar-refractivity contribution is 7.99. The minimum absolute atomic E-state index is 0.169. The highest BCUT2D eigenvalue weighted by Crippen LogP contribution is 2.16. The maximum absolute atomic E-state index is 12.0. The number of hydrogen-bond acceptors (Lipinski definition) is 6. The van der Waals surface area contributed by atoms with Crippen LogP contribution in [0.5, 0.6) is 0 Å². The molecule has 8 heteroatoms. The minimum atomic E-state index is 0.169. The molecule has 1 aromatic rings. The van der Waals surface area contributed by atoms with Crippen molar-refractivity contribution in [2.75, 3.05) is 25.4 Å². The van der Waals surface area contributed by atoms with Crippen molar-refractivity contribution in [2.24, 2.45) is 5.73 Å². The third kappa shape index (κ3) is 3.42. The smallest absolute Gasteiger partial charge is 0.233 e. The van der Waals surface area contributed by atoms with Crippen LogP contribution in [-0.2, 0) is 11.3 Å². The summed E-state index contributed by atoms with van der Waals surface area (Å²) in [6.45, 7) is 2.83. The number of thioether (sulfide) groups is 1. The molecular weight excluding hydrogens is 252 g/mol. The molecule has 0 saturated carbocycles. The second-order valence-electron chi connectivity index (χ2n) is 4.20. The average molecular weight is 270 g/mol. The Balaban J connectivity index is 1.82. The molecule has 1 aliphatic heterocycles. The first-order chi connectivity index (χ1) is 8.81. The van der Waals surface area contributed by atoms with Gasteiger partial charge < -0.3 is 10.6 Å². The fraction of sp³-hybridized carbons (Fsp3) is 0.800. The second-order valence-corrected chi connectivity index (χ2v) is 5.15. The molecule has 7 nitrogen and oxygen atoms in total. The Labute approximate surface area is 110 Å². The van der Waals surface area contributed by atoms with Crippen molar-refractivity contribution < 1.29 is 4.79 Å². The predicted octanol–water partition coefficient (Wildman–Crippen LogP) is -0.264. The van der Waals surface area contributed by atoms with Gasteiger partial charge in [-0.25, -0.2) is 4.68 Å². The molecule has 0 aliphatic carbocycles. The van der Waals surface area contributed by atoms with Gasteiger partial charge in [0.2, 0.25) is 11.1 Å². The number of hydrogen-bond donors (Lipinski definition) is 1. The Kier molecular flexibility index (Phi) is 4.94. The first-order valence-corrected chi connectivity index (χ1v) is 7.16. The summed E-state index contributed by atoms with van der Waals surface area (Å²) in [6.07, 6.45) is 3.45. The van der Waals surface area contributed by atoms with Crippen LogP contribution >= 0.6 is 11.8 Å². The van der Waals surface area contributed by atoms with Crippen LogP contribution in [0.2, 0.25) is 0 Å². The Bertz CT molecular complexity index is 389. The van der Waals surface area contributed by atoms with Crippen molar-refractivity contribution in [1.82, 2.24) is 25.1 Å². The number of amides is 1. The van der Waals surface area contributed by atoms with Crippen LogP contribution in [0.15, 0.2) is 5.16 Å². The largest absolute Gasteiger partial charge is 0.342 e. The number of piperidine rings is 1. The Morgan fingerprint density at radius 3 is 2.83 bits per heavy atom. The molecule has 0 atom stereocenters. The monoisotopic (exact) mass is 270 g/mol. The number of nitrogens with zero attached hydrogens (tertiary/aromatic N) is 5. The highest BCUT2D eigenvalue weighted by atomic mass is 32.2. The molecular formula is C10H18N6OS. The van der Waals surface area contributed by atoms with Crippen LogP contribution in [0, 0.1) is 0 Å². The zero-order valence-corrected chi connectivity index (χ0v) is 11.1. The van der Waals surface area contributed by atoms with Crippen LogP contribution in [-0.4, -0.2) is 56.4 Å². The first kappa shape index (κ1) is 13.3. The maximum Gasteiger partial charge on any atom is 0.233 e. The van der Waals surface area contributed by atoms with Crippen LogP contribution < -0.4 is 5.73 Å². The van der Waals surface area contributed by atoms with Gasteiger partial charge in [0.05, 0.1) is 12.3 Å². The van der Waals surface area contributed by atoms with Crippen molar-refractivity contribution in [3.8, 4) is 0 Å². The number of rotatable bonds is 5. The van der Waals surface area contributed by atoms with Gasteiger partial charge >= 0.3 is 0 Å². The third-order valence-electron chi connectivity index (χ3n) is 2.87. The molecule has 0 aromatic carbocycles. The van der Waals surface area contributed by atoms with E-state index in [0.29, 0.717) is 24.0 Å². The van der Waals surface area contributed by atoms with Crippen molar-refractivity contribution in [2.45, 2.75) is 31.0 Å². The van der Waals surface area contributed by atoms with Gasteiger partial charge in [0.15, 0.2) is 0 Å². The van der Waals surface area contributed by atoms with Crippen LogP contribution in [0.1, 0.15) is 19.3 Å². The normalized spacial score (nSPS) is 15.9. The summed E-state index contributed by atoms with van der Waals surface area (Å²) in [4.78, 5) is 13.9. The Hall–Kier alpha value is -1.15. The van der Waals surface area contributed by atoms with Crippen molar-refractivity contribution in [1.29, 1.82) is 0 Å². The molecule has 100 valence electrons. The SMILES string of the molecule is NCCn1nnnc1SCC(=O)N1CCCCC1. The lowest BCUT2D eigenvalue weighted by molar-refractivity contribution is -0.129. The van der Waals surface area contributed by atoms with Crippen molar-refractivity contribution in [3.05, 3.63) is 0 Å². The van der Waals surface area contributed by atoms with Crippen LogP contribution in [0.3, 0.4) is 0 Å². The summed E-state index contributed by atoms with van der Waals surface area (Å²) in [5.41, 5.74) is 5.46. The first-order valence-electron chi connectivity index (χ1n) is 6.18. The summed E-state index contributed by atoms with van der Waals surface area (Å²) < 4.78 is 1.63. The number of aromatic nitrogens is 4. The second kappa shape index (κ2) is 6.69. The van der Waals surface area contributed by atoms with E-state index < -0.39 is 0 Å². The molecule has 0 unspecified atom stereocenters. The van der Waals surface area contributed by atoms with Gasteiger partial charge in [0, 0.05) is 19.6 Å². The van der Waals surface area contributed by atoms with Gasteiger partial charge in [-0.2, -0.15) is 0 Å². The zero-order chi connectivity index (χ0) is 12.8. The number of likely N-dealkylation sites (tertiary alicyclic amines) is 1. The van der Waals surface area contributed by atoms with E-state index >= 15 is 0 Å². The van der Waals surface area contributed by atoms with Gasteiger partial charge in [0.25, 0.3) is 0 Å². The zero-order valence-electron chi connectivity index (χ0n) is 10.3. The fourth-order valence-electron chi connectivity index (χ4n) is 1.92. The van der Waals surface area contributed by atoms with E-state index in [-0.39, 0.29) is 5.91 Å². The van der Waals surface area contributed by atoms with Crippen molar-refractivity contribution in [3.63, 3.8) is 0 Å². The Morgan fingerprint density at radius 1 is 1.33 bits per heavy atom.